The van der Waals surface area contributed by atoms with Crippen molar-refractivity contribution in [2.24, 2.45) is 0 Å². The minimum atomic E-state index is -0.369. The monoisotopic (exact) mass is 486 g/mol. The van der Waals surface area contributed by atoms with E-state index in [4.69, 9.17) is 21.1 Å². The molecule has 1 saturated heterocycles. The Morgan fingerprint density at radius 3 is 2.64 bits per heavy atom. The zero-order valence-electron chi connectivity index (χ0n) is 18.2. The maximum atomic E-state index is 12.5. The molecule has 1 aliphatic heterocycles. The van der Waals surface area contributed by atoms with Crippen molar-refractivity contribution in [2.75, 3.05) is 26.8 Å². The van der Waals surface area contributed by atoms with Crippen LogP contribution in [0.2, 0.25) is 5.02 Å². The number of carbonyl (C=O) groups is 3. The molecule has 0 unspecified atom stereocenters. The van der Waals surface area contributed by atoms with Crippen LogP contribution in [-0.4, -0.2) is 48.8 Å². The van der Waals surface area contributed by atoms with E-state index in [2.05, 4.69) is 5.32 Å². The van der Waals surface area contributed by atoms with E-state index < -0.39 is 0 Å². The standard InChI is InChI=1S/C24H23ClN2O5S/c1-3-32-19-14-17(13-18(25)22(19)31-2)9-10-21(28)26-11-12-27-23(29)20(33-24(27)30)15-16-7-5-4-6-8-16/h4-10,13-15H,3,11-12H2,1-2H3,(H,26,28). The molecule has 0 spiro atoms. The number of imide groups is 1. The molecule has 9 heteroatoms. The number of benzene rings is 2. The summed E-state index contributed by atoms with van der Waals surface area (Å²) in [5.74, 6) is 0.177. The first-order valence-electron chi connectivity index (χ1n) is 10.2. The van der Waals surface area contributed by atoms with Gasteiger partial charge in [-0.1, -0.05) is 41.9 Å². The number of amides is 3. The maximum Gasteiger partial charge on any atom is 0.293 e. The second kappa shape index (κ2) is 11.6. The summed E-state index contributed by atoms with van der Waals surface area (Å²) in [5.41, 5.74) is 1.50. The molecule has 0 aromatic heterocycles. The highest BCUT2D eigenvalue weighted by Gasteiger charge is 2.34. The summed E-state index contributed by atoms with van der Waals surface area (Å²) in [4.78, 5) is 38.4. The van der Waals surface area contributed by atoms with Crippen LogP contribution < -0.4 is 14.8 Å². The van der Waals surface area contributed by atoms with Crippen LogP contribution in [0.4, 0.5) is 4.79 Å². The van der Waals surface area contributed by atoms with Gasteiger partial charge in [-0.15, -0.1) is 0 Å². The highest BCUT2D eigenvalue weighted by Crippen LogP contribution is 2.36. The Hall–Kier alpha value is -3.23. The average Bonchev–Trinajstić information content (AvgIpc) is 3.06. The van der Waals surface area contributed by atoms with Crippen LogP contribution in [0.5, 0.6) is 11.5 Å². The molecule has 0 bridgehead atoms. The zero-order valence-corrected chi connectivity index (χ0v) is 19.7. The summed E-state index contributed by atoms with van der Waals surface area (Å²) in [6.45, 7) is 2.50. The molecule has 0 radical (unpaired) electrons. The van der Waals surface area contributed by atoms with E-state index in [-0.39, 0.29) is 30.1 Å². The van der Waals surface area contributed by atoms with Crippen molar-refractivity contribution in [3.63, 3.8) is 0 Å². The SMILES string of the molecule is CCOc1cc(C=CC(=O)NCCN2C(=O)SC(=Cc3ccccc3)C2=O)cc(Cl)c1OC. The molecule has 7 nitrogen and oxygen atoms in total. The number of halogens is 1. The molecule has 0 saturated carbocycles. The van der Waals surface area contributed by atoms with Gasteiger partial charge in [-0.25, -0.2) is 0 Å². The largest absolute Gasteiger partial charge is 0.491 e. The van der Waals surface area contributed by atoms with Crippen molar-refractivity contribution in [3.8, 4) is 11.5 Å². The van der Waals surface area contributed by atoms with E-state index in [0.29, 0.717) is 33.6 Å². The molecule has 1 aliphatic rings. The molecule has 33 heavy (non-hydrogen) atoms. The molecular weight excluding hydrogens is 464 g/mol. The van der Waals surface area contributed by atoms with Gasteiger partial charge in [0.1, 0.15) is 0 Å². The van der Waals surface area contributed by atoms with Gasteiger partial charge >= 0.3 is 0 Å². The average molecular weight is 487 g/mol. The van der Waals surface area contributed by atoms with E-state index in [0.717, 1.165) is 22.2 Å². The molecule has 1 N–H and O–H groups in total. The van der Waals surface area contributed by atoms with E-state index in [9.17, 15) is 14.4 Å². The zero-order chi connectivity index (χ0) is 23.8. The predicted octanol–water partition coefficient (Wildman–Crippen LogP) is 4.61. The summed E-state index contributed by atoms with van der Waals surface area (Å²) < 4.78 is 10.8. The lowest BCUT2D eigenvalue weighted by Gasteiger charge is -2.12. The Kier molecular flexibility index (Phi) is 8.57. The van der Waals surface area contributed by atoms with Gasteiger partial charge in [-0.05, 0) is 54.1 Å². The van der Waals surface area contributed by atoms with Crippen molar-refractivity contribution in [2.45, 2.75) is 6.92 Å². The number of nitrogens with one attached hydrogen (secondary N) is 1. The molecule has 1 heterocycles. The molecule has 3 rings (SSSR count). The van der Waals surface area contributed by atoms with Gasteiger partial charge in [-0.2, -0.15) is 0 Å². The van der Waals surface area contributed by atoms with Crippen LogP contribution in [0.1, 0.15) is 18.1 Å². The molecule has 2 aromatic carbocycles. The predicted molar refractivity (Wildman–Crippen MR) is 130 cm³/mol. The molecule has 1 fully saturated rings. The van der Waals surface area contributed by atoms with Crippen LogP contribution in [-0.2, 0) is 9.59 Å². The summed E-state index contributed by atoms with van der Waals surface area (Å²) in [5, 5.41) is 2.68. The number of nitrogens with zero attached hydrogens (tertiary/aromatic N) is 1. The number of hydrogen-bond donors (Lipinski definition) is 1. The summed E-state index contributed by atoms with van der Waals surface area (Å²) in [6.07, 6.45) is 4.62. The fourth-order valence-corrected chi connectivity index (χ4v) is 4.22. The summed E-state index contributed by atoms with van der Waals surface area (Å²) in [7, 11) is 1.50. The second-order valence-electron chi connectivity index (χ2n) is 6.84. The first kappa shape index (κ1) is 24.4. The second-order valence-corrected chi connectivity index (χ2v) is 8.24. The first-order valence-corrected chi connectivity index (χ1v) is 11.4. The fourth-order valence-electron chi connectivity index (χ4n) is 3.06. The summed E-state index contributed by atoms with van der Waals surface area (Å²) in [6, 6.07) is 12.7. The number of methoxy groups -OCH3 is 1. The van der Waals surface area contributed by atoms with Crippen LogP contribution >= 0.6 is 23.4 Å². The van der Waals surface area contributed by atoms with E-state index in [1.54, 1.807) is 24.3 Å². The lowest BCUT2D eigenvalue weighted by Crippen LogP contribution is -2.36. The number of hydrogen-bond acceptors (Lipinski definition) is 6. The third kappa shape index (κ3) is 6.40. The fraction of sp³-hybridized carbons (Fsp3) is 0.208. The van der Waals surface area contributed by atoms with E-state index in [1.807, 2.05) is 37.3 Å². The Morgan fingerprint density at radius 2 is 1.94 bits per heavy atom. The van der Waals surface area contributed by atoms with Gasteiger partial charge in [0.15, 0.2) is 11.5 Å². The van der Waals surface area contributed by atoms with Crippen LogP contribution in [0.3, 0.4) is 0 Å². The van der Waals surface area contributed by atoms with Crippen molar-refractivity contribution in [3.05, 3.63) is 69.6 Å². The van der Waals surface area contributed by atoms with Crippen molar-refractivity contribution < 1.29 is 23.9 Å². The Labute approximate surface area is 201 Å². The number of rotatable bonds is 9. The quantitative estimate of drug-likeness (QED) is 0.521. The van der Waals surface area contributed by atoms with Crippen LogP contribution in [0, 0.1) is 0 Å². The highest BCUT2D eigenvalue weighted by molar-refractivity contribution is 8.18. The highest BCUT2D eigenvalue weighted by atomic mass is 35.5. The van der Waals surface area contributed by atoms with E-state index >= 15 is 0 Å². The first-order chi connectivity index (χ1) is 15.9. The Balaban J connectivity index is 1.55. The van der Waals surface area contributed by atoms with Gasteiger partial charge in [0.25, 0.3) is 11.1 Å². The lowest BCUT2D eigenvalue weighted by molar-refractivity contribution is -0.123. The van der Waals surface area contributed by atoms with Crippen molar-refractivity contribution >= 4 is 52.6 Å². The molecule has 0 aliphatic carbocycles. The minimum Gasteiger partial charge on any atom is -0.491 e. The minimum absolute atomic E-state index is 0.0826. The van der Waals surface area contributed by atoms with Crippen LogP contribution in [0.15, 0.2) is 53.4 Å². The molecular formula is C24H23ClN2O5S. The molecule has 3 amide bonds. The number of ether oxygens (including phenoxy) is 2. The maximum absolute atomic E-state index is 12.5. The third-order valence-corrected chi connectivity index (χ3v) is 5.76. The third-order valence-electron chi connectivity index (χ3n) is 4.57. The molecule has 172 valence electrons. The topological polar surface area (TPSA) is 84.9 Å². The summed E-state index contributed by atoms with van der Waals surface area (Å²) >= 11 is 7.11. The smallest absolute Gasteiger partial charge is 0.293 e. The van der Waals surface area contributed by atoms with E-state index in [1.165, 1.54) is 13.2 Å². The number of thioether (sulfide) groups is 1. The Bertz CT molecular complexity index is 1100. The van der Waals surface area contributed by atoms with Gasteiger partial charge in [-0.3, -0.25) is 19.3 Å². The molecule has 2 aromatic rings. The van der Waals surface area contributed by atoms with Gasteiger partial charge in [0.05, 0.1) is 23.6 Å². The van der Waals surface area contributed by atoms with Crippen molar-refractivity contribution in [1.29, 1.82) is 0 Å². The Morgan fingerprint density at radius 1 is 1.18 bits per heavy atom. The van der Waals surface area contributed by atoms with Gasteiger partial charge < -0.3 is 14.8 Å². The normalized spacial score (nSPS) is 14.9. The van der Waals surface area contributed by atoms with Crippen molar-refractivity contribution in [1.82, 2.24) is 10.2 Å². The van der Waals surface area contributed by atoms with Gasteiger partial charge in [0.2, 0.25) is 5.91 Å². The number of carbonyl (C=O) groups excluding carboxylic acids is 3. The van der Waals surface area contributed by atoms with Gasteiger partial charge in [0, 0.05) is 19.2 Å². The molecule has 0 atom stereocenters. The van der Waals surface area contributed by atoms with Crippen LogP contribution in [0.25, 0.3) is 12.2 Å². The lowest BCUT2D eigenvalue weighted by atomic mass is 10.2.